The largest absolute Gasteiger partial charge is 0.416 e. The lowest BCUT2D eigenvalue weighted by atomic mass is 10.1. The Kier molecular flexibility index (Phi) is 8.55. The van der Waals surface area contributed by atoms with E-state index < -0.39 is 11.7 Å². The third-order valence-corrected chi connectivity index (χ3v) is 3.70. The van der Waals surface area contributed by atoms with Crippen LogP contribution in [0.15, 0.2) is 52.7 Å². The minimum atomic E-state index is -4.38. The first-order chi connectivity index (χ1) is 12.3. The first-order valence-electron chi connectivity index (χ1n) is 7.05. The van der Waals surface area contributed by atoms with E-state index in [1.165, 1.54) is 24.6 Å². The average Bonchev–Trinajstić information content (AvgIpc) is 2.58. The van der Waals surface area contributed by atoms with Crippen molar-refractivity contribution in [3.63, 3.8) is 0 Å². The van der Waals surface area contributed by atoms with Gasteiger partial charge in [0, 0.05) is 0 Å². The van der Waals surface area contributed by atoms with E-state index in [1.807, 2.05) is 0 Å². The number of nitrogens with one attached hydrogen (secondary N) is 3. The van der Waals surface area contributed by atoms with Gasteiger partial charge in [0.25, 0.3) is 0 Å². The molecule has 5 nitrogen and oxygen atoms in total. The van der Waals surface area contributed by atoms with E-state index in [0.717, 1.165) is 12.1 Å². The Bertz CT molecular complexity index is 836. The van der Waals surface area contributed by atoms with Crippen molar-refractivity contribution in [3.05, 3.63) is 69.2 Å². The maximum Gasteiger partial charge on any atom is 0.416 e. The van der Waals surface area contributed by atoms with Crippen LogP contribution in [0.1, 0.15) is 16.7 Å². The molecular weight excluding hydrogens is 426 g/mol. The number of hydrazone groups is 2. The van der Waals surface area contributed by atoms with Gasteiger partial charge in [0.2, 0.25) is 5.96 Å². The minimum absolute atomic E-state index is 0. The molecule has 0 aliphatic carbocycles. The zero-order chi connectivity index (χ0) is 19.2. The number of hydrogen-bond donors (Lipinski definition) is 3. The second-order valence-electron chi connectivity index (χ2n) is 4.91. The second kappa shape index (κ2) is 10.1. The summed E-state index contributed by atoms with van der Waals surface area (Å²) in [6, 6.07) is 9.36. The molecule has 2 rings (SSSR count). The van der Waals surface area contributed by atoms with Crippen LogP contribution in [0.4, 0.5) is 13.2 Å². The van der Waals surface area contributed by atoms with Gasteiger partial charge in [-0.05, 0) is 35.4 Å². The smallest absolute Gasteiger partial charge is 0.266 e. The van der Waals surface area contributed by atoms with Crippen LogP contribution in [0, 0.1) is 5.41 Å². The number of alkyl halides is 3. The van der Waals surface area contributed by atoms with Gasteiger partial charge in [-0.15, -0.1) is 12.4 Å². The van der Waals surface area contributed by atoms with Crippen molar-refractivity contribution in [2.24, 2.45) is 10.2 Å². The van der Waals surface area contributed by atoms with Gasteiger partial charge >= 0.3 is 6.18 Å². The number of rotatable bonds is 4. The number of nitrogens with zero attached hydrogens (tertiary/aromatic N) is 2. The lowest BCUT2D eigenvalue weighted by Crippen LogP contribution is -2.29. The Morgan fingerprint density at radius 3 is 1.93 bits per heavy atom. The standard InChI is InChI=1S/C16H12Cl2F3N5.ClH/c17-13-6-3-11(7-14(13)18)9-24-26-15(22)25-23-8-10-1-4-12(5-2-10)16(19,20)21;/h1-9H,(H3,22,25,26);1H/b23-8+,24-9+;. The van der Waals surface area contributed by atoms with Crippen LogP contribution in [-0.2, 0) is 6.18 Å². The molecule has 0 aliphatic rings. The average molecular weight is 439 g/mol. The van der Waals surface area contributed by atoms with Gasteiger partial charge in [0.15, 0.2) is 0 Å². The van der Waals surface area contributed by atoms with Crippen molar-refractivity contribution < 1.29 is 13.2 Å². The maximum atomic E-state index is 12.5. The summed E-state index contributed by atoms with van der Waals surface area (Å²) in [7, 11) is 0. The van der Waals surface area contributed by atoms with E-state index in [9.17, 15) is 13.2 Å². The van der Waals surface area contributed by atoms with Crippen molar-refractivity contribution >= 4 is 54.0 Å². The summed E-state index contributed by atoms with van der Waals surface area (Å²) < 4.78 is 37.4. The lowest BCUT2D eigenvalue weighted by molar-refractivity contribution is -0.137. The summed E-state index contributed by atoms with van der Waals surface area (Å²) in [4.78, 5) is 0. The highest BCUT2D eigenvalue weighted by atomic mass is 35.5. The molecule has 0 aromatic heterocycles. The van der Waals surface area contributed by atoms with E-state index in [1.54, 1.807) is 18.2 Å². The van der Waals surface area contributed by atoms with E-state index in [-0.39, 0.29) is 18.4 Å². The van der Waals surface area contributed by atoms with Gasteiger partial charge in [-0.3, -0.25) is 5.41 Å². The van der Waals surface area contributed by atoms with Crippen LogP contribution in [-0.4, -0.2) is 18.4 Å². The zero-order valence-corrected chi connectivity index (χ0v) is 15.7. The predicted octanol–water partition coefficient (Wildman–Crippen LogP) is 4.92. The normalized spacial score (nSPS) is 11.4. The van der Waals surface area contributed by atoms with Gasteiger partial charge in [-0.25, -0.2) is 10.9 Å². The summed E-state index contributed by atoms with van der Waals surface area (Å²) in [5.74, 6) is -0.232. The fourth-order valence-electron chi connectivity index (χ4n) is 1.72. The first kappa shape index (κ1) is 22.8. The molecule has 0 amide bonds. The summed E-state index contributed by atoms with van der Waals surface area (Å²) in [6.45, 7) is 0. The Morgan fingerprint density at radius 2 is 1.41 bits per heavy atom. The molecule has 0 bridgehead atoms. The van der Waals surface area contributed by atoms with Crippen LogP contribution in [0.25, 0.3) is 0 Å². The van der Waals surface area contributed by atoms with Gasteiger partial charge < -0.3 is 0 Å². The van der Waals surface area contributed by atoms with Gasteiger partial charge in [-0.1, -0.05) is 41.4 Å². The highest BCUT2D eigenvalue weighted by Gasteiger charge is 2.29. The van der Waals surface area contributed by atoms with Crippen LogP contribution in [0.3, 0.4) is 0 Å². The second-order valence-corrected chi connectivity index (χ2v) is 5.72. The Morgan fingerprint density at radius 1 is 0.889 bits per heavy atom. The molecule has 0 radical (unpaired) electrons. The molecule has 11 heteroatoms. The molecule has 0 spiro atoms. The van der Waals surface area contributed by atoms with Crippen LogP contribution >= 0.6 is 35.6 Å². The van der Waals surface area contributed by atoms with Gasteiger partial charge in [0.1, 0.15) is 0 Å². The Balaban J connectivity index is 0.00000364. The molecule has 0 aliphatic heterocycles. The summed E-state index contributed by atoms with van der Waals surface area (Å²) in [5, 5.41) is 15.9. The quantitative estimate of drug-likeness (QED) is 0.360. The topological polar surface area (TPSA) is 72.6 Å². The molecular formula is C16H13Cl3F3N5. The molecule has 0 unspecified atom stereocenters. The van der Waals surface area contributed by atoms with Crippen LogP contribution in [0.2, 0.25) is 10.0 Å². The number of guanidine groups is 1. The molecule has 2 aromatic rings. The van der Waals surface area contributed by atoms with Crippen LogP contribution in [0.5, 0.6) is 0 Å². The third kappa shape index (κ3) is 7.46. The molecule has 0 saturated carbocycles. The molecule has 0 saturated heterocycles. The molecule has 3 N–H and O–H groups in total. The number of halogens is 6. The fraction of sp³-hybridized carbons (Fsp3) is 0.0625. The summed E-state index contributed by atoms with van der Waals surface area (Å²) in [5.41, 5.74) is 5.10. The summed E-state index contributed by atoms with van der Waals surface area (Å²) in [6.07, 6.45) is -1.68. The molecule has 2 aromatic carbocycles. The molecule has 0 fully saturated rings. The highest BCUT2D eigenvalue weighted by Crippen LogP contribution is 2.28. The zero-order valence-electron chi connectivity index (χ0n) is 13.4. The molecule has 144 valence electrons. The van der Waals surface area contributed by atoms with Gasteiger partial charge in [0.05, 0.1) is 28.0 Å². The third-order valence-electron chi connectivity index (χ3n) is 2.96. The molecule has 0 heterocycles. The van der Waals surface area contributed by atoms with Crippen molar-refractivity contribution in [3.8, 4) is 0 Å². The number of benzene rings is 2. The minimum Gasteiger partial charge on any atom is -0.266 e. The van der Waals surface area contributed by atoms with Crippen molar-refractivity contribution in [2.45, 2.75) is 6.18 Å². The summed E-state index contributed by atoms with van der Waals surface area (Å²) >= 11 is 11.7. The van der Waals surface area contributed by atoms with Crippen LogP contribution < -0.4 is 10.9 Å². The maximum absolute atomic E-state index is 12.5. The van der Waals surface area contributed by atoms with E-state index >= 15 is 0 Å². The Labute approximate surface area is 169 Å². The fourth-order valence-corrected chi connectivity index (χ4v) is 2.03. The number of hydrogen-bond acceptors (Lipinski definition) is 3. The van der Waals surface area contributed by atoms with E-state index in [4.69, 9.17) is 28.6 Å². The monoisotopic (exact) mass is 437 g/mol. The van der Waals surface area contributed by atoms with Crippen molar-refractivity contribution in [1.82, 2.24) is 10.9 Å². The SMILES string of the molecule is Cl.N=C(N/N=C/c1ccc(C(F)(F)F)cc1)N/N=C/c1ccc(Cl)c(Cl)c1. The van der Waals surface area contributed by atoms with E-state index in [0.29, 0.717) is 21.2 Å². The highest BCUT2D eigenvalue weighted by molar-refractivity contribution is 6.42. The van der Waals surface area contributed by atoms with E-state index in [2.05, 4.69) is 21.1 Å². The molecule has 0 atom stereocenters. The Hall–Kier alpha value is -2.29. The van der Waals surface area contributed by atoms with Crippen molar-refractivity contribution in [2.75, 3.05) is 0 Å². The lowest BCUT2D eigenvalue weighted by Gasteiger charge is -2.05. The van der Waals surface area contributed by atoms with Gasteiger partial charge in [-0.2, -0.15) is 23.4 Å². The first-order valence-corrected chi connectivity index (χ1v) is 7.80. The molecule has 27 heavy (non-hydrogen) atoms. The predicted molar refractivity (Wildman–Crippen MR) is 104 cm³/mol. The van der Waals surface area contributed by atoms with Crippen molar-refractivity contribution in [1.29, 1.82) is 5.41 Å².